The molecule has 0 amide bonds. The lowest BCUT2D eigenvalue weighted by molar-refractivity contribution is 0.389. The minimum absolute atomic E-state index is 0.343. The van der Waals surface area contributed by atoms with Gasteiger partial charge >= 0.3 is 0 Å². The number of benzene rings is 1. The van der Waals surface area contributed by atoms with Gasteiger partial charge < -0.3 is 10.4 Å². The average Bonchev–Trinajstić information content (AvgIpc) is 2.40. The third-order valence-electron chi connectivity index (χ3n) is 4.14. The number of nitrogens with one attached hydrogen (secondary N) is 1. The van der Waals surface area contributed by atoms with Gasteiger partial charge in [0.15, 0.2) is 0 Å². The molecule has 19 heavy (non-hydrogen) atoms. The molecule has 1 aliphatic heterocycles. The molecule has 106 valence electrons. The van der Waals surface area contributed by atoms with E-state index in [1.54, 1.807) is 0 Å². The highest BCUT2D eigenvalue weighted by Crippen LogP contribution is 2.37. The molecule has 0 aromatic heterocycles. The summed E-state index contributed by atoms with van der Waals surface area (Å²) in [4.78, 5) is 0. The van der Waals surface area contributed by atoms with Crippen molar-refractivity contribution >= 4 is 15.9 Å². The van der Waals surface area contributed by atoms with Crippen LogP contribution in [0.1, 0.15) is 55.7 Å². The maximum atomic E-state index is 10.5. The van der Waals surface area contributed by atoms with Crippen molar-refractivity contribution in [2.24, 2.45) is 0 Å². The maximum Gasteiger partial charge on any atom is 0.122 e. The molecule has 1 heterocycles. The summed E-state index contributed by atoms with van der Waals surface area (Å²) in [6.45, 7) is 7.44. The summed E-state index contributed by atoms with van der Waals surface area (Å²) >= 11 is 3.63. The maximum absolute atomic E-state index is 10.5. The Balaban J connectivity index is 2.32. The van der Waals surface area contributed by atoms with Crippen LogP contribution in [-0.2, 0) is 6.42 Å². The minimum atomic E-state index is 0.343. The van der Waals surface area contributed by atoms with E-state index in [2.05, 4.69) is 48.1 Å². The van der Waals surface area contributed by atoms with Crippen LogP contribution >= 0.6 is 15.9 Å². The van der Waals surface area contributed by atoms with Gasteiger partial charge in [0, 0.05) is 10.5 Å². The van der Waals surface area contributed by atoms with E-state index >= 15 is 0 Å². The van der Waals surface area contributed by atoms with Crippen molar-refractivity contribution in [2.75, 3.05) is 6.54 Å². The second kappa shape index (κ2) is 6.27. The van der Waals surface area contributed by atoms with E-state index in [-0.39, 0.29) is 0 Å². The molecule has 3 heteroatoms. The van der Waals surface area contributed by atoms with Crippen LogP contribution in [0, 0.1) is 6.92 Å². The van der Waals surface area contributed by atoms with Gasteiger partial charge in [-0.2, -0.15) is 0 Å². The second-order valence-electron chi connectivity index (χ2n) is 5.91. The van der Waals surface area contributed by atoms with E-state index in [4.69, 9.17) is 0 Å². The highest BCUT2D eigenvalue weighted by molar-refractivity contribution is 9.10. The molecular weight excluding hydrogens is 302 g/mol. The predicted molar refractivity (Wildman–Crippen MR) is 84.0 cm³/mol. The monoisotopic (exact) mass is 325 g/mol. The van der Waals surface area contributed by atoms with Gasteiger partial charge in [-0.15, -0.1) is 0 Å². The SMILES string of the molecule is Cc1c(Br)cc(C(C)C)c(O)c1CC1CCCCN1. The molecule has 2 rings (SSSR count). The Hall–Kier alpha value is -0.540. The summed E-state index contributed by atoms with van der Waals surface area (Å²) in [6, 6.07) is 2.57. The number of halogens is 1. The van der Waals surface area contributed by atoms with Crippen LogP contribution in [0.25, 0.3) is 0 Å². The van der Waals surface area contributed by atoms with E-state index in [9.17, 15) is 5.11 Å². The van der Waals surface area contributed by atoms with Crippen molar-refractivity contribution in [3.8, 4) is 5.75 Å². The zero-order valence-electron chi connectivity index (χ0n) is 12.1. The fourth-order valence-corrected chi connectivity index (χ4v) is 3.33. The van der Waals surface area contributed by atoms with E-state index < -0.39 is 0 Å². The van der Waals surface area contributed by atoms with E-state index in [1.165, 1.54) is 24.8 Å². The van der Waals surface area contributed by atoms with Crippen molar-refractivity contribution in [1.82, 2.24) is 5.32 Å². The topological polar surface area (TPSA) is 32.3 Å². The summed E-state index contributed by atoms with van der Waals surface area (Å²) in [5.74, 6) is 0.845. The Kier molecular flexibility index (Phi) is 4.91. The van der Waals surface area contributed by atoms with Gasteiger partial charge in [-0.05, 0) is 61.4 Å². The third-order valence-corrected chi connectivity index (χ3v) is 4.96. The predicted octanol–water partition coefficient (Wildman–Crippen LogP) is 4.27. The molecule has 2 N–H and O–H groups in total. The first-order valence-electron chi connectivity index (χ1n) is 7.25. The second-order valence-corrected chi connectivity index (χ2v) is 6.76. The van der Waals surface area contributed by atoms with Crippen molar-refractivity contribution < 1.29 is 5.11 Å². The Morgan fingerprint density at radius 3 is 2.74 bits per heavy atom. The van der Waals surface area contributed by atoms with Gasteiger partial charge in [-0.1, -0.05) is 36.2 Å². The number of aromatic hydroxyl groups is 1. The number of hydrogen-bond acceptors (Lipinski definition) is 2. The Labute approximate surface area is 124 Å². The largest absolute Gasteiger partial charge is 0.507 e. The molecule has 1 saturated heterocycles. The first-order chi connectivity index (χ1) is 9.00. The van der Waals surface area contributed by atoms with Crippen LogP contribution in [0.3, 0.4) is 0 Å². The van der Waals surface area contributed by atoms with Gasteiger partial charge in [0.25, 0.3) is 0 Å². The van der Waals surface area contributed by atoms with Crippen molar-refractivity contribution in [1.29, 1.82) is 0 Å². The Morgan fingerprint density at radius 1 is 1.42 bits per heavy atom. The fourth-order valence-electron chi connectivity index (χ4n) is 2.84. The number of phenolic OH excluding ortho intramolecular Hbond substituents is 1. The van der Waals surface area contributed by atoms with E-state index in [1.807, 2.05) is 0 Å². The molecule has 1 aromatic rings. The Morgan fingerprint density at radius 2 is 2.16 bits per heavy atom. The first-order valence-corrected chi connectivity index (χ1v) is 8.04. The summed E-state index contributed by atoms with van der Waals surface area (Å²) < 4.78 is 1.11. The molecule has 1 unspecified atom stereocenters. The zero-order valence-corrected chi connectivity index (χ0v) is 13.7. The van der Waals surface area contributed by atoms with Gasteiger partial charge in [0.2, 0.25) is 0 Å². The lowest BCUT2D eigenvalue weighted by Gasteiger charge is -2.26. The zero-order chi connectivity index (χ0) is 14.0. The summed E-state index contributed by atoms with van der Waals surface area (Å²) in [6.07, 6.45) is 4.71. The van der Waals surface area contributed by atoms with Crippen molar-refractivity contribution in [3.05, 3.63) is 27.2 Å². The number of rotatable bonds is 3. The molecule has 0 bridgehead atoms. The average molecular weight is 326 g/mol. The Bertz CT molecular complexity index is 451. The quantitative estimate of drug-likeness (QED) is 0.869. The molecule has 0 radical (unpaired) electrons. The van der Waals surface area contributed by atoms with Crippen LogP contribution in [-0.4, -0.2) is 17.7 Å². The highest BCUT2D eigenvalue weighted by atomic mass is 79.9. The van der Waals surface area contributed by atoms with Gasteiger partial charge in [-0.25, -0.2) is 0 Å². The molecule has 2 nitrogen and oxygen atoms in total. The van der Waals surface area contributed by atoms with Crippen LogP contribution in [0.2, 0.25) is 0 Å². The van der Waals surface area contributed by atoms with Crippen LogP contribution < -0.4 is 5.32 Å². The lowest BCUT2D eigenvalue weighted by Crippen LogP contribution is -2.35. The molecule has 1 aromatic carbocycles. The standard InChI is InChI=1S/C16H24BrNO/c1-10(2)13-9-15(17)11(3)14(16(13)19)8-12-6-4-5-7-18-12/h9-10,12,18-19H,4-8H2,1-3H3. The van der Waals surface area contributed by atoms with E-state index in [0.29, 0.717) is 17.7 Å². The summed E-state index contributed by atoms with van der Waals surface area (Å²) in [5, 5.41) is 14.1. The van der Waals surface area contributed by atoms with Crippen LogP contribution in [0.5, 0.6) is 5.75 Å². The third kappa shape index (κ3) is 3.32. The fraction of sp³-hybridized carbons (Fsp3) is 0.625. The molecule has 0 aliphatic carbocycles. The minimum Gasteiger partial charge on any atom is -0.507 e. The van der Waals surface area contributed by atoms with Crippen LogP contribution in [0.4, 0.5) is 0 Å². The summed E-state index contributed by atoms with van der Waals surface area (Å²) in [5.41, 5.74) is 3.33. The summed E-state index contributed by atoms with van der Waals surface area (Å²) in [7, 11) is 0. The molecule has 1 atom stereocenters. The van der Waals surface area contributed by atoms with Crippen molar-refractivity contribution in [3.63, 3.8) is 0 Å². The smallest absolute Gasteiger partial charge is 0.122 e. The number of piperidine rings is 1. The van der Waals surface area contributed by atoms with Gasteiger partial charge in [0.05, 0.1) is 0 Å². The molecule has 0 spiro atoms. The lowest BCUT2D eigenvalue weighted by atomic mass is 9.90. The molecule has 0 saturated carbocycles. The van der Waals surface area contributed by atoms with Crippen molar-refractivity contribution in [2.45, 2.75) is 58.4 Å². The highest BCUT2D eigenvalue weighted by Gasteiger charge is 2.20. The normalized spacial score (nSPS) is 19.9. The number of phenols is 1. The molecule has 1 fully saturated rings. The van der Waals surface area contributed by atoms with E-state index in [0.717, 1.165) is 28.6 Å². The molecule has 1 aliphatic rings. The van der Waals surface area contributed by atoms with Crippen LogP contribution in [0.15, 0.2) is 10.5 Å². The number of hydrogen-bond donors (Lipinski definition) is 2. The van der Waals surface area contributed by atoms with Gasteiger partial charge in [0.1, 0.15) is 5.75 Å². The van der Waals surface area contributed by atoms with Gasteiger partial charge in [-0.3, -0.25) is 0 Å². The molecular formula is C16H24BrNO. The first kappa shape index (κ1) is 14.9.